The van der Waals surface area contributed by atoms with Crippen LogP contribution in [0.15, 0.2) is 136 Å². The van der Waals surface area contributed by atoms with Gasteiger partial charge in [0.1, 0.15) is 0 Å². The zero-order chi connectivity index (χ0) is 46.4. The summed E-state index contributed by atoms with van der Waals surface area (Å²) in [5.74, 6) is 0. The molecule has 0 fully saturated rings. The van der Waals surface area contributed by atoms with Crippen LogP contribution in [0.1, 0.15) is 60.9 Å². The lowest BCUT2D eigenvalue weighted by Crippen LogP contribution is -1.97. The molecule has 0 atom stereocenters. The first-order chi connectivity index (χ1) is 31.5. The highest BCUT2D eigenvalue weighted by Crippen LogP contribution is 2.39. The molecule has 0 unspecified atom stereocenters. The molecule has 5 heterocycles. The van der Waals surface area contributed by atoms with Crippen LogP contribution < -0.4 is 0 Å². The average molecular weight is 939 g/mol. The Hall–Kier alpha value is -6.79. The zero-order valence-electron chi connectivity index (χ0n) is 35.3. The van der Waals surface area contributed by atoms with E-state index in [0.717, 1.165) is 36.8 Å². The van der Waals surface area contributed by atoms with Crippen molar-refractivity contribution in [1.29, 1.82) is 0 Å². The topological polar surface area (TPSA) is 220 Å². The van der Waals surface area contributed by atoms with Gasteiger partial charge in [-0.25, -0.2) is 9.97 Å². The largest absolute Gasteiger partial charge is 0.354 e. The molecule has 2 aliphatic rings. The number of hydrogen-bond acceptors (Lipinski definition) is 8. The lowest BCUT2D eigenvalue weighted by Gasteiger charge is -2.08. The lowest BCUT2D eigenvalue weighted by atomic mass is 10.00. The highest BCUT2D eigenvalue weighted by Gasteiger charge is 2.21. The SMILES string of the molecule is CCCCCCc1ccc(-c2c3nc(c(-c4ccc(S(=O)(=O)O)cc4)c4ccc([nH]4)c(-c4ccc(S(=O)(=O)O)cc4)c4nc(c(-c5ccc(S(=O)(=O)O)cc5)c5ccc2[nH]5)C=C4)C=C3)cc1. The van der Waals surface area contributed by atoms with Gasteiger partial charge in [0.25, 0.3) is 30.4 Å². The minimum Gasteiger partial charge on any atom is -0.354 e. The fraction of sp³-hybridized carbons (Fsp3) is 0.120. The van der Waals surface area contributed by atoms with Gasteiger partial charge < -0.3 is 9.97 Å². The Kier molecular flexibility index (Phi) is 11.8. The van der Waals surface area contributed by atoms with Crippen LogP contribution >= 0.6 is 0 Å². The van der Waals surface area contributed by atoms with E-state index in [1.54, 1.807) is 42.5 Å². The summed E-state index contributed by atoms with van der Waals surface area (Å²) in [5.41, 5.74) is 11.0. The number of fused-ring (bicyclic) bond motifs is 8. The highest BCUT2D eigenvalue weighted by molar-refractivity contribution is 7.86. The molecule has 66 heavy (non-hydrogen) atoms. The van der Waals surface area contributed by atoms with E-state index in [9.17, 15) is 38.9 Å². The third-order valence-corrected chi connectivity index (χ3v) is 14.2. The molecule has 334 valence electrons. The number of aromatic amines is 2. The molecule has 5 N–H and O–H groups in total. The summed E-state index contributed by atoms with van der Waals surface area (Å²) in [5, 5.41) is 0. The van der Waals surface area contributed by atoms with Crippen molar-refractivity contribution >= 4 is 76.7 Å². The Labute approximate surface area is 381 Å². The van der Waals surface area contributed by atoms with Crippen molar-refractivity contribution in [3.63, 3.8) is 0 Å². The molecule has 4 aromatic carbocycles. The molecule has 0 spiro atoms. The van der Waals surface area contributed by atoms with Crippen LogP contribution in [0.25, 0.3) is 90.9 Å². The standard InChI is InChI=1S/C50H42N4O9S3/c1-2-3-4-5-6-31-7-9-32(10-8-31)47-39-23-25-41(51-39)48(33-11-17-36(18-12-33)64(55,56)57)43-27-29-45(53-43)50(35-15-21-38(22-16-35)66(61,62)63)46-30-28-44(54-46)49(42-26-24-40(47)52-42)34-13-19-37(20-14-34)65(58,59)60/h7-30,51,54H,2-6H2,1H3,(H,55,56,57)(H,58,59,60)(H,61,62,63). The average Bonchev–Trinajstić information content (AvgIpc) is 4.14. The molecule has 16 heteroatoms. The van der Waals surface area contributed by atoms with Crippen molar-refractivity contribution in [1.82, 2.24) is 19.9 Å². The van der Waals surface area contributed by atoms with Gasteiger partial charge in [-0.05, 0) is 126 Å². The normalized spacial score (nSPS) is 12.8. The van der Waals surface area contributed by atoms with E-state index < -0.39 is 30.4 Å². The third-order valence-electron chi connectivity index (χ3n) is 11.6. The van der Waals surface area contributed by atoms with E-state index >= 15 is 0 Å². The maximum atomic E-state index is 12.1. The van der Waals surface area contributed by atoms with Gasteiger partial charge in [0, 0.05) is 44.3 Å². The summed E-state index contributed by atoms with van der Waals surface area (Å²) in [6, 6.07) is 33.3. The van der Waals surface area contributed by atoms with Crippen molar-refractivity contribution in [2.75, 3.05) is 0 Å². The van der Waals surface area contributed by atoms with Crippen molar-refractivity contribution in [2.45, 2.75) is 53.7 Å². The Morgan fingerprint density at radius 1 is 0.394 bits per heavy atom. The Morgan fingerprint density at radius 2 is 0.682 bits per heavy atom. The fourth-order valence-corrected chi connectivity index (χ4v) is 9.83. The molecule has 0 saturated carbocycles. The number of H-pyrrole nitrogens is 2. The van der Waals surface area contributed by atoms with Gasteiger partial charge in [0.15, 0.2) is 0 Å². The number of hydrogen-bond donors (Lipinski definition) is 5. The number of aryl methyl sites for hydroxylation is 1. The summed E-state index contributed by atoms with van der Waals surface area (Å²) in [7, 11) is -13.5. The number of nitrogens with one attached hydrogen (secondary N) is 2. The van der Waals surface area contributed by atoms with Crippen LogP contribution in [0.4, 0.5) is 0 Å². The van der Waals surface area contributed by atoms with E-state index in [1.807, 2.05) is 42.5 Å². The van der Waals surface area contributed by atoms with E-state index in [1.165, 1.54) is 48.4 Å². The summed E-state index contributed by atoms with van der Waals surface area (Å²) >= 11 is 0. The van der Waals surface area contributed by atoms with Crippen molar-refractivity contribution < 1.29 is 38.9 Å². The minimum absolute atomic E-state index is 0.275. The van der Waals surface area contributed by atoms with E-state index in [-0.39, 0.29) is 14.7 Å². The van der Waals surface area contributed by atoms with Gasteiger partial charge in [-0.3, -0.25) is 13.7 Å². The first-order valence-electron chi connectivity index (χ1n) is 21.0. The third kappa shape index (κ3) is 9.07. The number of unbranched alkanes of at least 4 members (excludes halogenated alkanes) is 3. The molecule has 3 aromatic heterocycles. The van der Waals surface area contributed by atoms with Crippen LogP contribution in [0.3, 0.4) is 0 Å². The number of rotatable bonds is 12. The summed E-state index contributed by atoms with van der Waals surface area (Å²) in [4.78, 5) is 16.7. The molecule has 8 bridgehead atoms. The molecule has 9 rings (SSSR count). The maximum Gasteiger partial charge on any atom is 0.294 e. The Balaban J connectivity index is 1.38. The molecule has 0 amide bonds. The molecule has 0 aliphatic carbocycles. The Bertz CT molecular complexity index is 3540. The van der Waals surface area contributed by atoms with Crippen molar-refractivity contribution in [3.05, 3.63) is 150 Å². The first kappa shape index (κ1) is 44.4. The number of nitrogens with zero attached hydrogens (tertiary/aromatic N) is 2. The van der Waals surface area contributed by atoms with Gasteiger partial charge in [0.2, 0.25) is 0 Å². The van der Waals surface area contributed by atoms with E-state index in [0.29, 0.717) is 78.2 Å². The predicted molar refractivity (Wildman–Crippen MR) is 258 cm³/mol. The monoisotopic (exact) mass is 938 g/mol. The summed E-state index contributed by atoms with van der Waals surface area (Å²) in [6.07, 6.45) is 12.9. The molecular weight excluding hydrogens is 897 g/mol. The molecule has 2 aliphatic heterocycles. The van der Waals surface area contributed by atoms with Gasteiger partial charge in [-0.15, -0.1) is 0 Å². The van der Waals surface area contributed by atoms with E-state index in [4.69, 9.17) is 9.97 Å². The second-order valence-corrected chi connectivity index (χ2v) is 20.3. The van der Waals surface area contributed by atoms with Gasteiger partial charge in [0.05, 0.1) is 37.5 Å². The van der Waals surface area contributed by atoms with Gasteiger partial charge in [-0.1, -0.05) is 86.8 Å². The predicted octanol–water partition coefficient (Wildman–Crippen LogP) is 11.2. The summed E-state index contributed by atoms with van der Waals surface area (Å²) in [6.45, 7) is 2.19. The van der Waals surface area contributed by atoms with E-state index in [2.05, 4.69) is 41.2 Å². The first-order valence-corrected chi connectivity index (χ1v) is 25.4. The van der Waals surface area contributed by atoms with Gasteiger partial charge >= 0.3 is 0 Å². The van der Waals surface area contributed by atoms with Crippen LogP contribution in [-0.2, 0) is 36.8 Å². The molecular formula is C50H42N4O9S3. The maximum absolute atomic E-state index is 12.1. The zero-order valence-corrected chi connectivity index (χ0v) is 37.8. The Morgan fingerprint density at radius 3 is 0.955 bits per heavy atom. The fourth-order valence-electron chi connectivity index (χ4n) is 8.39. The van der Waals surface area contributed by atoms with Crippen LogP contribution in [0.5, 0.6) is 0 Å². The minimum atomic E-state index is -4.51. The highest BCUT2D eigenvalue weighted by atomic mass is 32.2. The second-order valence-electron chi connectivity index (χ2n) is 16.0. The smallest absolute Gasteiger partial charge is 0.294 e. The quantitative estimate of drug-likeness (QED) is 0.0573. The second kappa shape index (κ2) is 17.5. The molecule has 0 saturated heterocycles. The van der Waals surface area contributed by atoms with Crippen molar-refractivity contribution in [3.8, 4) is 44.5 Å². The molecule has 0 radical (unpaired) electrons. The van der Waals surface area contributed by atoms with Crippen LogP contribution in [0.2, 0.25) is 0 Å². The van der Waals surface area contributed by atoms with Crippen LogP contribution in [-0.4, -0.2) is 58.8 Å². The number of benzene rings is 4. The molecule has 7 aromatic rings. The van der Waals surface area contributed by atoms with Gasteiger partial charge in [-0.2, -0.15) is 25.3 Å². The number of aromatic nitrogens is 4. The van der Waals surface area contributed by atoms with Crippen LogP contribution in [0, 0.1) is 0 Å². The lowest BCUT2D eigenvalue weighted by molar-refractivity contribution is 0.481. The molecule has 13 nitrogen and oxygen atoms in total. The summed E-state index contributed by atoms with van der Waals surface area (Å²) < 4.78 is 102. The van der Waals surface area contributed by atoms with Crippen molar-refractivity contribution in [2.24, 2.45) is 0 Å².